The van der Waals surface area contributed by atoms with E-state index in [4.69, 9.17) is 9.47 Å². The summed E-state index contributed by atoms with van der Waals surface area (Å²) in [5.74, 6) is 1.64. The van der Waals surface area contributed by atoms with Crippen LogP contribution in [0.5, 0.6) is 11.5 Å². The molecule has 0 bridgehead atoms. The lowest BCUT2D eigenvalue weighted by Gasteiger charge is -2.35. The quantitative estimate of drug-likeness (QED) is 0.482. The summed E-state index contributed by atoms with van der Waals surface area (Å²) < 4.78 is 10.8. The first-order valence-electron chi connectivity index (χ1n) is 13.6. The topological polar surface area (TPSA) is 71.1 Å². The third-order valence-corrected chi connectivity index (χ3v) is 7.84. The number of rotatable bonds is 6. The van der Waals surface area contributed by atoms with Gasteiger partial charge in [0.15, 0.2) is 11.5 Å². The van der Waals surface area contributed by atoms with Crippen LogP contribution in [0.4, 0.5) is 11.4 Å². The molecule has 38 heavy (non-hydrogen) atoms. The van der Waals surface area contributed by atoms with E-state index >= 15 is 0 Å². The van der Waals surface area contributed by atoms with Crippen LogP contribution in [0.25, 0.3) is 0 Å². The van der Waals surface area contributed by atoms with Crippen molar-refractivity contribution >= 4 is 23.2 Å². The first kappa shape index (κ1) is 24.3. The number of fused-ring (bicyclic) bond motifs is 1. The second kappa shape index (κ2) is 10.8. The van der Waals surface area contributed by atoms with Crippen LogP contribution in [0.15, 0.2) is 66.7 Å². The number of ether oxygens (including phenoxy) is 2. The zero-order chi connectivity index (χ0) is 25.9. The fraction of sp³-hybridized carbons (Fsp3) is 0.355. The van der Waals surface area contributed by atoms with E-state index in [2.05, 4.69) is 40.5 Å². The normalized spacial score (nSPS) is 17.1. The monoisotopic (exact) mass is 511 g/mol. The number of benzene rings is 3. The third kappa shape index (κ3) is 5.19. The number of hydrogen-bond acceptors (Lipinski definition) is 5. The Hall–Kier alpha value is -4.00. The van der Waals surface area contributed by atoms with Gasteiger partial charge in [0.2, 0.25) is 6.79 Å². The third-order valence-electron chi connectivity index (χ3n) is 7.84. The zero-order valence-electron chi connectivity index (χ0n) is 21.5. The Morgan fingerprint density at radius 2 is 1.61 bits per heavy atom. The first-order chi connectivity index (χ1) is 18.6. The van der Waals surface area contributed by atoms with Gasteiger partial charge >= 0.3 is 0 Å². The van der Waals surface area contributed by atoms with Crippen molar-refractivity contribution in [3.05, 3.63) is 83.4 Å². The lowest BCUT2D eigenvalue weighted by Crippen LogP contribution is -2.36. The summed E-state index contributed by atoms with van der Waals surface area (Å²) in [5.41, 5.74) is 4.10. The number of likely N-dealkylation sites (tertiary alicyclic amines) is 1. The first-order valence-corrected chi connectivity index (χ1v) is 13.6. The van der Waals surface area contributed by atoms with E-state index in [-0.39, 0.29) is 18.6 Å². The van der Waals surface area contributed by atoms with Crippen molar-refractivity contribution in [2.45, 2.75) is 32.1 Å². The van der Waals surface area contributed by atoms with Crippen molar-refractivity contribution in [2.75, 3.05) is 43.2 Å². The van der Waals surface area contributed by atoms with Crippen LogP contribution < -0.4 is 19.7 Å². The van der Waals surface area contributed by atoms with Gasteiger partial charge in [0.25, 0.3) is 11.8 Å². The molecule has 3 aromatic carbocycles. The number of carbonyl (C=O) groups excluding carboxylic acids is 2. The summed E-state index contributed by atoms with van der Waals surface area (Å²) >= 11 is 0. The van der Waals surface area contributed by atoms with Gasteiger partial charge in [-0.1, -0.05) is 30.3 Å². The van der Waals surface area contributed by atoms with Crippen LogP contribution in [-0.2, 0) is 6.42 Å². The number of carbonyl (C=O) groups is 2. The molecule has 3 aromatic rings. The summed E-state index contributed by atoms with van der Waals surface area (Å²) in [6.07, 6.45) is 5.35. The van der Waals surface area contributed by atoms with Gasteiger partial charge < -0.3 is 24.6 Å². The molecule has 0 aromatic heterocycles. The second-order valence-corrected chi connectivity index (χ2v) is 10.4. The molecule has 0 saturated carbocycles. The molecule has 3 aliphatic rings. The molecule has 2 amide bonds. The second-order valence-electron chi connectivity index (χ2n) is 10.4. The van der Waals surface area contributed by atoms with Crippen molar-refractivity contribution in [1.29, 1.82) is 0 Å². The van der Waals surface area contributed by atoms with E-state index in [1.165, 1.54) is 5.56 Å². The van der Waals surface area contributed by atoms with E-state index in [1.54, 1.807) is 18.2 Å². The average Bonchev–Trinajstić information content (AvgIpc) is 3.66. The Balaban J connectivity index is 1.20. The lowest BCUT2D eigenvalue weighted by molar-refractivity contribution is 0.0793. The largest absolute Gasteiger partial charge is 0.454 e. The van der Waals surface area contributed by atoms with E-state index < -0.39 is 0 Å². The van der Waals surface area contributed by atoms with Crippen LogP contribution in [0.1, 0.15) is 52.0 Å². The minimum absolute atomic E-state index is 0.0445. The smallest absolute Gasteiger partial charge is 0.256 e. The Morgan fingerprint density at radius 3 is 2.39 bits per heavy atom. The molecule has 2 saturated heterocycles. The van der Waals surface area contributed by atoms with Crippen molar-refractivity contribution in [3.63, 3.8) is 0 Å². The molecule has 0 atom stereocenters. The Labute approximate surface area is 223 Å². The number of anilines is 2. The van der Waals surface area contributed by atoms with Crippen LogP contribution in [0.2, 0.25) is 0 Å². The van der Waals surface area contributed by atoms with Crippen molar-refractivity contribution in [2.24, 2.45) is 5.92 Å². The van der Waals surface area contributed by atoms with Crippen LogP contribution in [0, 0.1) is 5.92 Å². The Morgan fingerprint density at radius 1 is 0.842 bits per heavy atom. The van der Waals surface area contributed by atoms with Gasteiger partial charge in [0, 0.05) is 43.1 Å². The Kier molecular flexibility index (Phi) is 6.90. The molecule has 0 radical (unpaired) electrons. The van der Waals surface area contributed by atoms with Gasteiger partial charge in [-0.05, 0) is 80.0 Å². The minimum Gasteiger partial charge on any atom is -0.454 e. The summed E-state index contributed by atoms with van der Waals surface area (Å²) in [4.78, 5) is 30.9. The van der Waals surface area contributed by atoms with Gasteiger partial charge in [-0.15, -0.1) is 0 Å². The van der Waals surface area contributed by atoms with Gasteiger partial charge in [-0.2, -0.15) is 0 Å². The van der Waals surface area contributed by atoms with E-state index in [0.29, 0.717) is 34.2 Å². The summed E-state index contributed by atoms with van der Waals surface area (Å²) in [7, 11) is 0. The van der Waals surface area contributed by atoms with E-state index in [0.717, 1.165) is 64.0 Å². The van der Waals surface area contributed by atoms with Gasteiger partial charge in [-0.25, -0.2) is 0 Å². The number of nitrogens with zero attached hydrogens (tertiary/aromatic N) is 2. The maximum absolute atomic E-state index is 13.6. The molecule has 6 rings (SSSR count). The van der Waals surface area contributed by atoms with Gasteiger partial charge in [-0.3, -0.25) is 9.59 Å². The van der Waals surface area contributed by atoms with Crippen molar-refractivity contribution in [1.82, 2.24) is 4.90 Å². The van der Waals surface area contributed by atoms with Crippen LogP contribution in [-0.4, -0.2) is 49.7 Å². The van der Waals surface area contributed by atoms with Crippen molar-refractivity contribution < 1.29 is 19.1 Å². The predicted molar refractivity (Wildman–Crippen MR) is 147 cm³/mol. The van der Waals surface area contributed by atoms with Crippen LogP contribution >= 0.6 is 0 Å². The molecule has 0 spiro atoms. The lowest BCUT2D eigenvalue weighted by atomic mass is 9.89. The highest BCUT2D eigenvalue weighted by Gasteiger charge is 2.27. The minimum atomic E-state index is -0.252. The standard InChI is InChI=1S/C31H33N3O4/c35-30(24-8-11-28-29(19-24)38-21-37-28)32-25-9-10-27(26(20-25)31(36)34-14-4-5-15-34)33-16-12-23(13-17-33)18-22-6-2-1-3-7-22/h1-3,6-11,19-20,23H,4-5,12-18,21H2,(H,32,35). The molecular weight excluding hydrogens is 478 g/mol. The SMILES string of the molecule is O=C(Nc1ccc(N2CCC(Cc3ccccc3)CC2)c(C(=O)N2CCCC2)c1)c1ccc2c(c1)OCO2. The predicted octanol–water partition coefficient (Wildman–Crippen LogP) is 5.36. The molecule has 7 nitrogen and oxygen atoms in total. The molecule has 0 unspecified atom stereocenters. The number of amides is 2. The fourth-order valence-electron chi connectivity index (χ4n) is 5.72. The highest BCUT2D eigenvalue weighted by molar-refractivity contribution is 6.06. The summed E-state index contributed by atoms with van der Waals surface area (Å²) in [6, 6.07) is 21.6. The molecule has 2 fully saturated rings. The molecule has 1 N–H and O–H groups in total. The van der Waals surface area contributed by atoms with E-state index in [1.807, 2.05) is 23.1 Å². The van der Waals surface area contributed by atoms with Crippen molar-refractivity contribution in [3.8, 4) is 11.5 Å². The molecule has 0 aliphatic carbocycles. The zero-order valence-corrected chi connectivity index (χ0v) is 21.5. The average molecular weight is 512 g/mol. The highest BCUT2D eigenvalue weighted by Crippen LogP contribution is 2.34. The summed E-state index contributed by atoms with van der Waals surface area (Å²) in [5, 5.41) is 2.98. The number of nitrogens with one attached hydrogen (secondary N) is 1. The van der Waals surface area contributed by atoms with Gasteiger partial charge in [0.05, 0.1) is 5.56 Å². The number of hydrogen-bond donors (Lipinski definition) is 1. The molecule has 3 aliphatic heterocycles. The highest BCUT2D eigenvalue weighted by atomic mass is 16.7. The van der Waals surface area contributed by atoms with Crippen LogP contribution in [0.3, 0.4) is 0 Å². The molecule has 7 heteroatoms. The number of piperidine rings is 1. The summed E-state index contributed by atoms with van der Waals surface area (Å²) in [6.45, 7) is 3.56. The fourth-order valence-corrected chi connectivity index (χ4v) is 5.72. The molecule has 196 valence electrons. The molecular formula is C31H33N3O4. The Bertz CT molecular complexity index is 1310. The maximum Gasteiger partial charge on any atom is 0.256 e. The molecule has 3 heterocycles. The maximum atomic E-state index is 13.6. The van der Waals surface area contributed by atoms with E-state index in [9.17, 15) is 9.59 Å². The van der Waals surface area contributed by atoms with Gasteiger partial charge in [0.1, 0.15) is 0 Å².